The van der Waals surface area contributed by atoms with Crippen LogP contribution in [0.15, 0.2) is 54.6 Å². The fourth-order valence-electron chi connectivity index (χ4n) is 7.31. The van der Waals surface area contributed by atoms with Gasteiger partial charge in [0.05, 0.1) is 34.6 Å². The summed E-state index contributed by atoms with van der Waals surface area (Å²) in [4.78, 5) is 56.9. The van der Waals surface area contributed by atoms with Crippen molar-refractivity contribution in [1.29, 1.82) is 0 Å². The second-order valence-corrected chi connectivity index (χ2v) is 13.8. The third-order valence-corrected chi connectivity index (χ3v) is 10.2. The Hall–Kier alpha value is -4.06. The molecular weight excluding hydrogens is 662 g/mol. The summed E-state index contributed by atoms with van der Waals surface area (Å²) in [6, 6.07) is 12.5. The number of esters is 1. The van der Waals surface area contributed by atoms with Crippen LogP contribution in [0.1, 0.15) is 66.4 Å². The molecule has 3 fully saturated rings. The maximum Gasteiger partial charge on any atom is 0.338 e. The molecule has 3 aromatic carbocycles. The molecule has 0 bridgehead atoms. The molecule has 2 amide bonds. The van der Waals surface area contributed by atoms with Crippen molar-refractivity contribution in [3.8, 4) is 0 Å². The number of nitro groups is 1. The van der Waals surface area contributed by atoms with Gasteiger partial charge in [-0.25, -0.2) is 9.18 Å². The Bertz CT molecular complexity index is 1800. The number of carbonyl (C=O) groups is 3. The Morgan fingerprint density at radius 2 is 1.81 bits per heavy atom. The van der Waals surface area contributed by atoms with Gasteiger partial charge in [0.1, 0.15) is 11.5 Å². The minimum atomic E-state index is -0.972. The number of amides is 2. The number of halogens is 3. The Morgan fingerprint density at radius 3 is 2.46 bits per heavy atom. The van der Waals surface area contributed by atoms with Crippen molar-refractivity contribution in [2.75, 3.05) is 30.4 Å². The lowest BCUT2D eigenvalue weighted by Gasteiger charge is -2.38. The quantitative estimate of drug-likeness (QED) is 0.143. The lowest BCUT2D eigenvalue weighted by molar-refractivity contribution is -0.384. The van der Waals surface area contributed by atoms with Crippen LogP contribution in [-0.4, -0.2) is 59.9 Å². The van der Waals surface area contributed by atoms with Crippen LogP contribution in [0.5, 0.6) is 0 Å². The first kappa shape index (κ1) is 33.8. The Balaban J connectivity index is 1.48. The highest BCUT2D eigenvalue weighted by Gasteiger charge is 2.59. The predicted octanol–water partition coefficient (Wildman–Crippen LogP) is 7.19. The molecule has 13 heteroatoms. The number of nitrogens with zero attached hydrogens (tertiary/aromatic N) is 3. The lowest BCUT2D eigenvalue weighted by atomic mass is 9.77. The Morgan fingerprint density at radius 1 is 1.08 bits per heavy atom. The third kappa shape index (κ3) is 6.26. The summed E-state index contributed by atoms with van der Waals surface area (Å²) >= 11 is 12.5. The van der Waals surface area contributed by atoms with Crippen molar-refractivity contribution in [3.05, 3.63) is 97.3 Å². The maximum absolute atomic E-state index is 16.0. The monoisotopic (exact) mass is 696 g/mol. The van der Waals surface area contributed by atoms with Crippen LogP contribution in [0.3, 0.4) is 0 Å². The third-order valence-electron chi connectivity index (χ3n) is 9.65. The molecule has 3 aromatic rings. The van der Waals surface area contributed by atoms with Gasteiger partial charge in [0.25, 0.3) is 5.69 Å². The number of anilines is 2. The topological polar surface area (TPSA) is 122 Å². The van der Waals surface area contributed by atoms with Gasteiger partial charge in [-0.1, -0.05) is 55.2 Å². The SMILES string of the molecule is COC(=O)c1cc([N+](=O)[O-])c(N2CC[C@H]3[C@@H](C2=O)[C@H](c2cccc(Cl)c2F)[C@H](C(=O)Nc2cccc(Cl)c2)N3CC2CC2)cc1C(C)C. The number of fused-ring (bicyclic) bond motifs is 1. The number of hydrogen-bond acceptors (Lipinski definition) is 7. The molecule has 2 aliphatic heterocycles. The zero-order valence-electron chi connectivity index (χ0n) is 26.6. The molecule has 10 nitrogen and oxygen atoms in total. The fraction of sp³-hybridized carbons (Fsp3) is 0.400. The molecule has 2 heterocycles. The van der Waals surface area contributed by atoms with E-state index in [0.29, 0.717) is 35.2 Å². The lowest BCUT2D eigenvalue weighted by Crippen LogP contribution is -2.52. The van der Waals surface area contributed by atoms with Crippen molar-refractivity contribution in [3.63, 3.8) is 0 Å². The molecule has 2 saturated heterocycles. The summed E-state index contributed by atoms with van der Waals surface area (Å²) in [5.74, 6) is -4.18. The molecule has 3 aliphatic rings. The van der Waals surface area contributed by atoms with Crippen molar-refractivity contribution in [2.45, 2.75) is 57.0 Å². The highest BCUT2D eigenvalue weighted by atomic mass is 35.5. The molecule has 1 N–H and O–H groups in total. The van der Waals surface area contributed by atoms with E-state index < -0.39 is 58.1 Å². The van der Waals surface area contributed by atoms with Crippen molar-refractivity contribution >= 4 is 58.0 Å². The normalized spacial score (nSPS) is 22.5. The fourth-order valence-corrected chi connectivity index (χ4v) is 7.69. The zero-order chi connectivity index (χ0) is 34.4. The van der Waals surface area contributed by atoms with Crippen LogP contribution in [-0.2, 0) is 14.3 Å². The van der Waals surface area contributed by atoms with Crippen molar-refractivity contribution < 1.29 is 28.4 Å². The average Bonchev–Trinajstić information content (AvgIpc) is 3.81. The van der Waals surface area contributed by atoms with E-state index in [2.05, 4.69) is 5.32 Å². The summed E-state index contributed by atoms with van der Waals surface area (Å²) in [5, 5.41) is 15.6. The zero-order valence-corrected chi connectivity index (χ0v) is 28.1. The predicted molar refractivity (Wildman–Crippen MR) is 180 cm³/mol. The summed E-state index contributed by atoms with van der Waals surface area (Å²) in [6.07, 6.45) is 2.32. The number of piperidine rings is 1. The van der Waals surface area contributed by atoms with E-state index >= 15 is 4.39 Å². The van der Waals surface area contributed by atoms with E-state index in [1.807, 2.05) is 18.7 Å². The summed E-state index contributed by atoms with van der Waals surface area (Å²) < 4.78 is 20.9. The number of rotatable bonds is 9. The molecular formula is C35H35Cl2FN4O6. The van der Waals surface area contributed by atoms with Crippen molar-refractivity contribution in [2.24, 2.45) is 11.8 Å². The van der Waals surface area contributed by atoms with Crippen LogP contribution >= 0.6 is 23.2 Å². The number of likely N-dealkylation sites (tertiary alicyclic amines) is 1. The van der Waals surface area contributed by atoms with E-state index in [0.717, 1.165) is 18.9 Å². The molecule has 0 unspecified atom stereocenters. The number of methoxy groups -OCH3 is 1. The highest BCUT2D eigenvalue weighted by Crippen LogP contribution is 2.51. The van der Waals surface area contributed by atoms with Gasteiger partial charge in [0.2, 0.25) is 11.8 Å². The Labute approximate surface area is 287 Å². The van der Waals surface area contributed by atoms with Gasteiger partial charge in [-0.3, -0.25) is 24.6 Å². The molecule has 1 aliphatic carbocycles. The summed E-state index contributed by atoms with van der Waals surface area (Å²) in [7, 11) is 1.20. The van der Waals surface area contributed by atoms with Gasteiger partial charge < -0.3 is 15.0 Å². The minimum Gasteiger partial charge on any atom is -0.465 e. The van der Waals surface area contributed by atoms with Crippen LogP contribution in [0.4, 0.5) is 21.5 Å². The highest BCUT2D eigenvalue weighted by molar-refractivity contribution is 6.31. The molecule has 252 valence electrons. The molecule has 0 radical (unpaired) electrons. The molecule has 0 spiro atoms. The number of hydrogen-bond donors (Lipinski definition) is 1. The van der Waals surface area contributed by atoms with Crippen LogP contribution < -0.4 is 10.2 Å². The summed E-state index contributed by atoms with van der Waals surface area (Å²) in [6.45, 7) is 4.31. The van der Waals surface area contributed by atoms with Crippen molar-refractivity contribution in [1.82, 2.24) is 4.90 Å². The first-order chi connectivity index (χ1) is 22.9. The number of carbonyl (C=O) groups excluding carboxylic acids is 3. The largest absolute Gasteiger partial charge is 0.465 e. The second-order valence-electron chi connectivity index (χ2n) is 13.0. The van der Waals surface area contributed by atoms with Crippen LogP contribution in [0.25, 0.3) is 0 Å². The van der Waals surface area contributed by atoms with E-state index in [4.69, 9.17) is 27.9 Å². The van der Waals surface area contributed by atoms with Gasteiger partial charge in [-0.15, -0.1) is 0 Å². The second kappa shape index (κ2) is 13.4. The van der Waals surface area contributed by atoms with Gasteiger partial charge in [0, 0.05) is 41.8 Å². The Kier molecular flexibility index (Phi) is 9.48. The van der Waals surface area contributed by atoms with Gasteiger partial charge >= 0.3 is 5.97 Å². The summed E-state index contributed by atoms with van der Waals surface area (Å²) in [5.41, 5.74) is 0.699. The number of nitro benzene ring substituents is 1. The van der Waals surface area contributed by atoms with Crippen LogP contribution in [0, 0.1) is 27.8 Å². The molecule has 48 heavy (non-hydrogen) atoms. The maximum atomic E-state index is 16.0. The molecule has 1 saturated carbocycles. The van der Waals surface area contributed by atoms with Gasteiger partial charge in [-0.2, -0.15) is 0 Å². The van der Waals surface area contributed by atoms with E-state index in [-0.39, 0.29) is 34.3 Å². The smallest absolute Gasteiger partial charge is 0.338 e. The first-order valence-electron chi connectivity index (χ1n) is 15.9. The standard InChI is InChI=1S/C35H35Cl2FN4O6/c1-18(2)23-15-27(28(42(46)47)16-24(23)35(45)48-3)40-13-12-26-30(34(40)44)29(22-8-5-9-25(37)31(22)38)32(41(26)17-19-10-11-19)33(43)39-21-7-4-6-20(36)14-21/h4-9,14-16,18-19,26,29-30,32H,10-13,17H2,1-3H3,(H,39,43)/t26-,29-,30+,32+/m0/s1. The number of benzene rings is 3. The molecule has 0 aromatic heterocycles. The van der Waals surface area contributed by atoms with E-state index in [1.165, 1.54) is 24.1 Å². The van der Waals surface area contributed by atoms with Gasteiger partial charge in [-0.05, 0) is 72.6 Å². The number of nitrogens with one attached hydrogen (secondary N) is 1. The number of ether oxygens (including phenoxy) is 1. The van der Waals surface area contributed by atoms with Gasteiger partial charge in [0.15, 0.2) is 0 Å². The van der Waals surface area contributed by atoms with E-state index in [9.17, 15) is 24.5 Å². The average molecular weight is 698 g/mol. The van der Waals surface area contributed by atoms with E-state index in [1.54, 1.807) is 36.4 Å². The minimum absolute atomic E-state index is 0.0330. The molecule has 4 atom stereocenters. The molecule has 6 rings (SSSR count). The first-order valence-corrected chi connectivity index (χ1v) is 16.6. The van der Waals surface area contributed by atoms with Crippen LogP contribution in [0.2, 0.25) is 10.0 Å².